The van der Waals surface area contributed by atoms with E-state index in [1.54, 1.807) is 0 Å². The Morgan fingerprint density at radius 2 is 2.19 bits per heavy atom. The van der Waals surface area contributed by atoms with Crippen LogP contribution in [0.3, 0.4) is 0 Å². The molecule has 0 saturated heterocycles. The molecule has 86 valence electrons. The van der Waals surface area contributed by atoms with Gasteiger partial charge in [0.25, 0.3) is 0 Å². The first-order valence-corrected chi connectivity index (χ1v) is 7.09. The van der Waals surface area contributed by atoms with Crippen LogP contribution in [0.15, 0.2) is 22.7 Å². The van der Waals surface area contributed by atoms with Gasteiger partial charge >= 0.3 is 0 Å². The second kappa shape index (κ2) is 4.32. The van der Waals surface area contributed by atoms with Gasteiger partial charge in [-0.1, -0.05) is 27.5 Å². The third-order valence-electron chi connectivity index (χ3n) is 3.53. The van der Waals surface area contributed by atoms with Crippen molar-refractivity contribution < 1.29 is 0 Å². The zero-order chi connectivity index (χ0) is 11.1. The molecule has 2 aliphatic rings. The average Bonchev–Trinajstić information content (AvgIpc) is 3.13. The van der Waals surface area contributed by atoms with Crippen LogP contribution in [0.1, 0.15) is 30.7 Å². The summed E-state index contributed by atoms with van der Waals surface area (Å²) in [5.41, 5.74) is 1.32. The molecule has 3 heteroatoms. The molecule has 2 atom stereocenters. The Balaban J connectivity index is 1.62. The standard InChI is InChI=1S/C13H15BrClN/c14-9-1-4-13(15)12(6-9)11-5-8(11)7-16-10-2-3-10/h1,4,6,8,10-11,16H,2-3,5,7H2. The highest BCUT2D eigenvalue weighted by Gasteiger charge is 2.40. The fourth-order valence-corrected chi connectivity index (χ4v) is 2.89. The first-order valence-electron chi connectivity index (χ1n) is 5.92. The quantitative estimate of drug-likeness (QED) is 0.887. The Kier molecular flexibility index (Phi) is 2.99. The van der Waals surface area contributed by atoms with Crippen LogP contribution in [0.2, 0.25) is 5.02 Å². The summed E-state index contributed by atoms with van der Waals surface area (Å²) < 4.78 is 1.13. The second-order valence-electron chi connectivity index (χ2n) is 4.95. The molecular weight excluding hydrogens is 286 g/mol. The van der Waals surface area contributed by atoms with Crippen molar-refractivity contribution in [1.82, 2.24) is 5.32 Å². The molecule has 2 fully saturated rings. The first-order chi connectivity index (χ1) is 7.74. The second-order valence-corrected chi connectivity index (χ2v) is 6.27. The molecule has 0 bridgehead atoms. The highest BCUT2D eigenvalue weighted by molar-refractivity contribution is 9.10. The molecule has 0 heterocycles. The molecule has 1 N–H and O–H groups in total. The number of hydrogen-bond acceptors (Lipinski definition) is 1. The zero-order valence-electron chi connectivity index (χ0n) is 9.05. The Labute approximate surface area is 110 Å². The minimum absolute atomic E-state index is 0.677. The van der Waals surface area contributed by atoms with Crippen LogP contribution in [0.25, 0.3) is 0 Å². The van der Waals surface area contributed by atoms with Gasteiger partial charge in [0.2, 0.25) is 0 Å². The molecule has 1 aromatic carbocycles. The van der Waals surface area contributed by atoms with E-state index in [0.29, 0.717) is 5.92 Å². The highest BCUT2D eigenvalue weighted by Crippen LogP contribution is 2.49. The maximum absolute atomic E-state index is 6.23. The minimum atomic E-state index is 0.677. The number of rotatable bonds is 4. The summed E-state index contributed by atoms with van der Waals surface area (Å²) in [6, 6.07) is 6.99. The third kappa shape index (κ3) is 2.44. The lowest BCUT2D eigenvalue weighted by atomic mass is 10.1. The van der Waals surface area contributed by atoms with Gasteiger partial charge in [0, 0.05) is 15.5 Å². The van der Waals surface area contributed by atoms with E-state index < -0.39 is 0 Å². The molecule has 2 saturated carbocycles. The van der Waals surface area contributed by atoms with Crippen molar-refractivity contribution in [2.75, 3.05) is 6.54 Å². The van der Waals surface area contributed by atoms with E-state index in [2.05, 4.69) is 27.3 Å². The van der Waals surface area contributed by atoms with Crippen molar-refractivity contribution in [2.45, 2.75) is 31.2 Å². The summed E-state index contributed by atoms with van der Waals surface area (Å²) in [4.78, 5) is 0. The molecule has 0 radical (unpaired) electrons. The molecule has 2 unspecified atom stereocenters. The normalized spacial score (nSPS) is 28.1. The molecule has 1 aromatic rings. The van der Waals surface area contributed by atoms with E-state index in [9.17, 15) is 0 Å². The van der Waals surface area contributed by atoms with Gasteiger partial charge < -0.3 is 5.32 Å². The van der Waals surface area contributed by atoms with E-state index in [1.807, 2.05) is 12.1 Å². The van der Waals surface area contributed by atoms with Crippen LogP contribution in [0.4, 0.5) is 0 Å². The lowest BCUT2D eigenvalue weighted by molar-refractivity contribution is 0.624. The van der Waals surface area contributed by atoms with Crippen molar-refractivity contribution in [1.29, 1.82) is 0 Å². The van der Waals surface area contributed by atoms with Crippen molar-refractivity contribution >= 4 is 27.5 Å². The van der Waals surface area contributed by atoms with Crippen molar-refractivity contribution in [3.63, 3.8) is 0 Å². The van der Waals surface area contributed by atoms with E-state index in [4.69, 9.17) is 11.6 Å². The van der Waals surface area contributed by atoms with Gasteiger partial charge in [-0.25, -0.2) is 0 Å². The van der Waals surface area contributed by atoms with Crippen LogP contribution < -0.4 is 5.32 Å². The van der Waals surface area contributed by atoms with Gasteiger partial charge in [0.1, 0.15) is 0 Å². The van der Waals surface area contributed by atoms with Crippen LogP contribution in [0.5, 0.6) is 0 Å². The molecule has 0 spiro atoms. The molecule has 0 aromatic heterocycles. The summed E-state index contributed by atoms with van der Waals surface area (Å²) in [5.74, 6) is 1.48. The molecule has 0 aliphatic heterocycles. The van der Waals surface area contributed by atoms with Gasteiger partial charge in [0.15, 0.2) is 0 Å². The summed E-state index contributed by atoms with van der Waals surface area (Å²) in [6.07, 6.45) is 4.03. The first kappa shape index (κ1) is 11.1. The van der Waals surface area contributed by atoms with Crippen molar-refractivity contribution in [3.05, 3.63) is 33.3 Å². The van der Waals surface area contributed by atoms with Crippen LogP contribution >= 0.6 is 27.5 Å². The largest absolute Gasteiger partial charge is 0.314 e. The highest BCUT2D eigenvalue weighted by atomic mass is 79.9. The van der Waals surface area contributed by atoms with E-state index >= 15 is 0 Å². The van der Waals surface area contributed by atoms with Gasteiger partial charge in [-0.3, -0.25) is 0 Å². The molecule has 2 aliphatic carbocycles. The lowest BCUT2D eigenvalue weighted by Crippen LogP contribution is -2.19. The van der Waals surface area contributed by atoms with Crippen LogP contribution in [-0.4, -0.2) is 12.6 Å². The fraction of sp³-hybridized carbons (Fsp3) is 0.538. The van der Waals surface area contributed by atoms with E-state index in [0.717, 1.165) is 28.0 Å². The molecule has 0 amide bonds. The van der Waals surface area contributed by atoms with E-state index in [-0.39, 0.29) is 0 Å². The van der Waals surface area contributed by atoms with Gasteiger partial charge in [0.05, 0.1) is 0 Å². The lowest BCUT2D eigenvalue weighted by Gasteiger charge is -2.05. The zero-order valence-corrected chi connectivity index (χ0v) is 11.4. The number of halogens is 2. The summed E-state index contributed by atoms with van der Waals surface area (Å²) in [6.45, 7) is 1.16. The van der Waals surface area contributed by atoms with Crippen LogP contribution in [-0.2, 0) is 0 Å². The number of benzene rings is 1. The Morgan fingerprint density at radius 1 is 1.38 bits per heavy atom. The summed E-state index contributed by atoms with van der Waals surface area (Å²) >= 11 is 9.74. The topological polar surface area (TPSA) is 12.0 Å². The predicted molar refractivity (Wildman–Crippen MR) is 71.0 cm³/mol. The number of hydrogen-bond donors (Lipinski definition) is 1. The molecule has 1 nitrogen and oxygen atoms in total. The van der Waals surface area contributed by atoms with E-state index in [1.165, 1.54) is 24.8 Å². The summed E-state index contributed by atoms with van der Waals surface area (Å²) in [5, 5.41) is 4.52. The monoisotopic (exact) mass is 299 g/mol. The maximum Gasteiger partial charge on any atom is 0.0441 e. The molecule has 3 rings (SSSR count). The summed E-state index contributed by atoms with van der Waals surface area (Å²) in [7, 11) is 0. The Bertz CT molecular complexity index is 403. The fourth-order valence-electron chi connectivity index (χ4n) is 2.26. The van der Waals surface area contributed by atoms with Crippen molar-refractivity contribution in [3.8, 4) is 0 Å². The molecular formula is C13H15BrClN. The van der Waals surface area contributed by atoms with Gasteiger partial charge in [-0.2, -0.15) is 0 Å². The van der Waals surface area contributed by atoms with Gasteiger partial charge in [-0.15, -0.1) is 0 Å². The third-order valence-corrected chi connectivity index (χ3v) is 4.36. The smallest absolute Gasteiger partial charge is 0.0441 e. The average molecular weight is 301 g/mol. The van der Waals surface area contributed by atoms with Gasteiger partial charge in [-0.05, 0) is 61.4 Å². The Morgan fingerprint density at radius 3 is 2.94 bits per heavy atom. The molecule has 16 heavy (non-hydrogen) atoms. The van der Waals surface area contributed by atoms with Crippen molar-refractivity contribution in [2.24, 2.45) is 5.92 Å². The predicted octanol–water partition coefficient (Wildman–Crippen LogP) is 3.96. The van der Waals surface area contributed by atoms with Crippen LogP contribution in [0, 0.1) is 5.92 Å². The Hall–Kier alpha value is -0.0500. The minimum Gasteiger partial charge on any atom is -0.314 e. The SMILES string of the molecule is Clc1ccc(Br)cc1C1CC1CNC1CC1. The maximum atomic E-state index is 6.23. The number of nitrogens with one attached hydrogen (secondary N) is 1.